The van der Waals surface area contributed by atoms with Gasteiger partial charge in [-0.3, -0.25) is 13.9 Å². The fourth-order valence-electron chi connectivity index (χ4n) is 3.59. The highest BCUT2D eigenvalue weighted by Crippen LogP contribution is 2.23. The summed E-state index contributed by atoms with van der Waals surface area (Å²) in [4.78, 5) is 25.3. The van der Waals surface area contributed by atoms with Crippen LogP contribution in [-0.4, -0.2) is 24.8 Å². The molecule has 9 heteroatoms. The third-order valence-electron chi connectivity index (χ3n) is 5.12. The molecule has 4 aromatic rings. The summed E-state index contributed by atoms with van der Waals surface area (Å²) in [6.07, 6.45) is 1.77. The second kappa shape index (κ2) is 8.99. The molecule has 2 aromatic heterocycles. The number of anilines is 1. The summed E-state index contributed by atoms with van der Waals surface area (Å²) in [6, 6.07) is 14.6. The molecule has 7 nitrogen and oxygen atoms in total. The third-order valence-corrected chi connectivity index (χ3v) is 5.71. The lowest BCUT2D eigenvalue weighted by Gasteiger charge is -2.11. The average Bonchev–Trinajstić information content (AvgIpc) is 3.29. The van der Waals surface area contributed by atoms with Crippen molar-refractivity contribution < 1.29 is 4.79 Å². The van der Waals surface area contributed by atoms with E-state index in [0.29, 0.717) is 29.0 Å². The van der Waals surface area contributed by atoms with Crippen LogP contribution in [0.5, 0.6) is 0 Å². The Bertz CT molecular complexity index is 1300. The maximum atomic E-state index is 12.7. The van der Waals surface area contributed by atoms with Gasteiger partial charge < -0.3 is 5.32 Å². The van der Waals surface area contributed by atoms with Crippen LogP contribution >= 0.6 is 23.2 Å². The Kier molecular flexibility index (Phi) is 6.15. The van der Waals surface area contributed by atoms with Crippen LogP contribution in [0, 0.1) is 0 Å². The fourth-order valence-corrected chi connectivity index (χ4v) is 4.06. The minimum Gasteiger partial charge on any atom is -0.311 e. The number of carbonyl (C=O) groups excluding carboxylic acids is 1. The molecule has 0 radical (unpaired) electrons. The lowest BCUT2D eigenvalue weighted by molar-refractivity contribution is -0.116. The first kappa shape index (κ1) is 21.2. The van der Waals surface area contributed by atoms with Crippen molar-refractivity contribution in [2.24, 2.45) is 0 Å². The molecule has 0 fully saturated rings. The Morgan fingerprint density at radius 1 is 1.06 bits per heavy atom. The molecule has 0 unspecified atom stereocenters. The number of fused-ring (bicyclic) bond motifs is 1. The quantitative estimate of drug-likeness (QED) is 0.446. The van der Waals surface area contributed by atoms with Crippen LogP contribution in [0.2, 0.25) is 10.0 Å². The zero-order valence-corrected chi connectivity index (χ0v) is 18.4. The molecule has 4 rings (SSSR count). The van der Waals surface area contributed by atoms with E-state index in [9.17, 15) is 9.59 Å². The van der Waals surface area contributed by atoms with Crippen LogP contribution in [-0.2, 0) is 24.4 Å². The summed E-state index contributed by atoms with van der Waals surface area (Å²) in [5.74, 6) is 0.350. The predicted molar refractivity (Wildman–Crippen MR) is 123 cm³/mol. The number of hydrogen-bond acceptors (Lipinski definition) is 3. The summed E-state index contributed by atoms with van der Waals surface area (Å²) >= 11 is 12.2. The highest BCUT2D eigenvalue weighted by molar-refractivity contribution is 6.35. The Morgan fingerprint density at radius 3 is 2.52 bits per heavy atom. The van der Waals surface area contributed by atoms with Gasteiger partial charge in [-0.1, -0.05) is 41.4 Å². The van der Waals surface area contributed by atoms with E-state index < -0.39 is 0 Å². The fraction of sp³-hybridized carbons (Fsp3) is 0.227. The number of halogens is 2. The molecule has 0 aliphatic rings. The third kappa shape index (κ3) is 4.38. The van der Waals surface area contributed by atoms with Gasteiger partial charge in [0, 0.05) is 35.6 Å². The number of amides is 1. The van der Waals surface area contributed by atoms with E-state index >= 15 is 0 Å². The van der Waals surface area contributed by atoms with Crippen molar-refractivity contribution in [3.63, 3.8) is 0 Å². The number of aromatic nitrogens is 4. The Labute approximate surface area is 188 Å². The molecule has 0 bridgehead atoms. The molecule has 31 heavy (non-hydrogen) atoms. The van der Waals surface area contributed by atoms with E-state index in [1.54, 1.807) is 38.2 Å². The summed E-state index contributed by atoms with van der Waals surface area (Å²) in [7, 11) is 0. The summed E-state index contributed by atoms with van der Waals surface area (Å²) < 4.78 is 5.00. The Hall–Kier alpha value is -3.03. The van der Waals surface area contributed by atoms with Gasteiger partial charge in [0.05, 0.1) is 23.8 Å². The van der Waals surface area contributed by atoms with E-state index in [4.69, 9.17) is 23.2 Å². The van der Waals surface area contributed by atoms with Gasteiger partial charge in [0.2, 0.25) is 5.91 Å². The van der Waals surface area contributed by atoms with E-state index in [1.807, 2.05) is 37.3 Å². The maximum Gasteiger partial charge on any atom is 0.329 e. The molecule has 0 aliphatic heterocycles. The first-order valence-corrected chi connectivity index (χ1v) is 10.7. The predicted octanol–water partition coefficient (Wildman–Crippen LogP) is 4.40. The Balaban J connectivity index is 1.46. The zero-order chi connectivity index (χ0) is 22.0. The molecule has 0 spiro atoms. The summed E-state index contributed by atoms with van der Waals surface area (Å²) in [6.45, 7) is 3.18. The molecular weight excluding hydrogens is 437 g/mol. The van der Waals surface area contributed by atoms with Crippen molar-refractivity contribution in [3.8, 4) is 0 Å². The molecule has 0 saturated carbocycles. The summed E-state index contributed by atoms with van der Waals surface area (Å²) in [5, 5.41) is 8.23. The van der Waals surface area contributed by atoms with E-state index in [1.165, 1.54) is 0 Å². The first-order valence-electron chi connectivity index (χ1n) is 9.91. The van der Waals surface area contributed by atoms with Crippen molar-refractivity contribution in [1.82, 2.24) is 18.9 Å². The van der Waals surface area contributed by atoms with Crippen LogP contribution in [0.4, 0.5) is 5.82 Å². The first-order chi connectivity index (χ1) is 15.0. The molecule has 1 N–H and O–H groups in total. The molecule has 160 valence electrons. The molecule has 1 amide bonds. The number of para-hydroxylation sites is 2. The van der Waals surface area contributed by atoms with Crippen LogP contribution in [0.3, 0.4) is 0 Å². The number of nitrogens with one attached hydrogen (secondary N) is 1. The Morgan fingerprint density at radius 2 is 1.81 bits per heavy atom. The van der Waals surface area contributed by atoms with Gasteiger partial charge in [-0.15, -0.1) is 0 Å². The van der Waals surface area contributed by atoms with Gasteiger partial charge in [0.15, 0.2) is 0 Å². The second-order valence-corrected chi connectivity index (χ2v) is 7.92. The van der Waals surface area contributed by atoms with Gasteiger partial charge in [0.25, 0.3) is 0 Å². The molecule has 0 saturated heterocycles. The lowest BCUT2D eigenvalue weighted by atomic mass is 10.2. The highest BCUT2D eigenvalue weighted by Gasteiger charge is 2.14. The van der Waals surface area contributed by atoms with Gasteiger partial charge >= 0.3 is 5.69 Å². The molecule has 0 atom stereocenters. The second-order valence-electron chi connectivity index (χ2n) is 7.08. The molecule has 0 aliphatic carbocycles. The molecule has 2 aromatic carbocycles. The standard InChI is InChI=1S/C22H21Cl2N5O2/c1-2-27-18-5-3-4-6-19(18)28(22(27)31)12-10-21(30)26-20-9-11-25-29(20)14-15-7-8-16(23)13-17(15)24/h3-9,11,13H,2,10,12,14H2,1H3,(H,26,30). The van der Waals surface area contributed by atoms with Crippen LogP contribution in [0.15, 0.2) is 59.5 Å². The van der Waals surface area contributed by atoms with Crippen LogP contribution < -0.4 is 11.0 Å². The lowest BCUT2D eigenvalue weighted by Crippen LogP contribution is -2.26. The van der Waals surface area contributed by atoms with Gasteiger partial charge in [0.1, 0.15) is 5.82 Å². The van der Waals surface area contributed by atoms with E-state index in [0.717, 1.165) is 16.6 Å². The smallest absolute Gasteiger partial charge is 0.311 e. The van der Waals surface area contributed by atoms with Crippen LogP contribution in [0.1, 0.15) is 18.9 Å². The number of rotatable bonds is 7. The van der Waals surface area contributed by atoms with Crippen molar-refractivity contribution in [2.75, 3.05) is 5.32 Å². The SMILES string of the molecule is CCn1c(=O)n(CCC(=O)Nc2ccnn2Cc2ccc(Cl)cc2Cl)c2ccccc21. The normalized spacial score (nSPS) is 11.2. The van der Waals surface area contributed by atoms with Gasteiger partial charge in [-0.05, 0) is 36.8 Å². The number of hydrogen-bond donors (Lipinski definition) is 1. The minimum atomic E-state index is -0.204. The summed E-state index contributed by atoms with van der Waals surface area (Å²) in [5.41, 5.74) is 2.42. The molecular formula is C22H21Cl2N5O2. The number of nitrogens with zero attached hydrogens (tertiary/aromatic N) is 4. The topological polar surface area (TPSA) is 73.8 Å². The highest BCUT2D eigenvalue weighted by atomic mass is 35.5. The number of aryl methyl sites for hydroxylation is 2. The van der Waals surface area contributed by atoms with Gasteiger partial charge in [-0.25, -0.2) is 9.48 Å². The molecule has 2 heterocycles. The number of imidazole rings is 1. The number of benzene rings is 2. The average molecular weight is 458 g/mol. The number of carbonyl (C=O) groups is 1. The zero-order valence-electron chi connectivity index (χ0n) is 16.9. The van der Waals surface area contributed by atoms with Crippen molar-refractivity contribution >= 4 is 46.0 Å². The van der Waals surface area contributed by atoms with Crippen molar-refractivity contribution in [1.29, 1.82) is 0 Å². The van der Waals surface area contributed by atoms with Gasteiger partial charge in [-0.2, -0.15) is 5.10 Å². The van der Waals surface area contributed by atoms with E-state index in [2.05, 4.69) is 10.4 Å². The van der Waals surface area contributed by atoms with Crippen molar-refractivity contribution in [3.05, 3.63) is 80.8 Å². The monoisotopic (exact) mass is 457 g/mol. The van der Waals surface area contributed by atoms with Crippen molar-refractivity contribution in [2.45, 2.75) is 33.0 Å². The minimum absolute atomic E-state index is 0.112. The maximum absolute atomic E-state index is 12.7. The van der Waals surface area contributed by atoms with Crippen LogP contribution in [0.25, 0.3) is 11.0 Å². The van der Waals surface area contributed by atoms with E-state index in [-0.39, 0.29) is 24.6 Å². The largest absolute Gasteiger partial charge is 0.329 e.